The topological polar surface area (TPSA) is 55.1 Å². The van der Waals surface area contributed by atoms with Crippen molar-refractivity contribution in [2.45, 2.75) is 32.4 Å². The first-order chi connectivity index (χ1) is 9.58. The summed E-state index contributed by atoms with van der Waals surface area (Å²) in [7, 11) is 0. The molecule has 2 rings (SSSR count). The number of carbonyl (C=O) groups excluding carboxylic acids is 1. The lowest BCUT2D eigenvalue weighted by atomic mass is 10.0. The molecule has 0 bridgehead atoms. The SMILES string of the molecule is Cc1ccsc1C(Cc1ccccc1)NC(=O)[C@H](C)N.Cl. The van der Waals surface area contributed by atoms with E-state index in [-0.39, 0.29) is 24.4 Å². The zero-order chi connectivity index (χ0) is 14.5. The number of rotatable bonds is 5. The van der Waals surface area contributed by atoms with Crippen LogP contribution in [0.5, 0.6) is 0 Å². The fourth-order valence-electron chi connectivity index (χ4n) is 2.10. The Morgan fingerprint density at radius 1 is 1.29 bits per heavy atom. The summed E-state index contributed by atoms with van der Waals surface area (Å²) >= 11 is 1.68. The molecule has 3 nitrogen and oxygen atoms in total. The molecule has 0 aliphatic rings. The number of aryl methyl sites for hydroxylation is 1. The molecule has 0 fully saturated rings. The van der Waals surface area contributed by atoms with E-state index in [1.165, 1.54) is 16.0 Å². The highest BCUT2D eigenvalue weighted by Crippen LogP contribution is 2.27. The first kappa shape index (κ1) is 17.7. The molecule has 1 aromatic carbocycles. The van der Waals surface area contributed by atoms with Gasteiger partial charge in [-0.3, -0.25) is 4.79 Å². The lowest BCUT2D eigenvalue weighted by Crippen LogP contribution is -2.40. The van der Waals surface area contributed by atoms with Gasteiger partial charge in [-0.15, -0.1) is 23.7 Å². The van der Waals surface area contributed by atoms with Gasteiger partial charge >= 0.3 is 0 Å². The van der Waals surface area contributed by atoms with Crippen molar-refractivity contribution in [3.8, 4) is 0 Å². The molecule has 0 saturated heterocycles. The van der Waals surface area contributed by atoms with Crippen LogP contribution in [0.2, 0.25) is 0 Å². The van der Waals surface area contributed by atoms with Crippen molar-refractivity contribution in [3.63, 3.8) is 0 Å². The van der Waals surface area contributed by atoms with Gasteiger partial charge in [0.15, 0.2) is 0 Å². The number of carbonyl (C=O) groups is 1. The molecule has 2 atom stereocenters. The molecule has 0 aliphatic carbocycles. The van der Waals surface area contributed by atoms with Crippen LogP contribution in [0.25, 0.3) is 0 Å². The number of hydrogen-bond acceptors (Lipinski definition) is 3. The van der Waals surface area contributed by atoms with Crippen molar-refractivity contribution < 1.29 is 4.79 Å². The van der Waals surface area contributed by atoms with Crippen LogP contribution in [-0.4, -0.2) is 11.9 Å². The Bertz CT molecular complexity index is 569. The van der Waals surface area contributed by atoms with E-state index in [4.69, 9.17) is 5.73 Å². The van der Waals surface area contributed by atoms with E-state index in [1.54, 1.807) is 18.3 Å². The number of benzene rings is 1. The monoisotopic (exact) mass is 324 g/mol. The van der Waals surface area contributed by atoms with Crippen molar-refractivity contribution in [2.24, 2.45) is 5.73 Å². The second kappa shape index (κ2) is 8.17. The van der Waals surface area contributed by atoms with Gasteiger partial charge in [-0.2, -0.15) is 0 Å². The zero-order valence-electron chi connectivity index (χ0n) is 12.2. The Morgan fingerprint density at radius 3 is 2.48 bits per heavy atom. The molecule has 1 aromatic heterocycles. The first-order valence-electron chi connectivity index (χ1n) is 6.72. The molecule has 21 heavy (non-hydrogen) atoms. The average molecular weight is 325 g/mol. The largest absolute Gasteiger partial charge is 0.347 e. The predicted octanol–water partition coefficient (Wildman–Crippen LogP) is 3.23. The van der Waals surface area contributed by atoms with Crippen molar-refractivity contribution in [3.05, 3.63) is 57.8 Å². The van der Waals surface area contributed by atoms with Crippen molar-refractivity contribution in [1.82, 2.24) is 5.32 Å². The molecule has 0 radical (unpaired) electrons. The second-order valence-corrected chi connectivity index (χ2v) is 5.96. The van der Waals surface area contributed by atoms with Crippen LogP contribution in [-0.2, 0) is 11.2 Å². The minimum absolute atomic E-state index is 0. The van der Waals surface area contributed by atoms with E-state index in [1.807, 2.05) is 18.2 Å². The summed E-state index contributed by atoms with van der Waals surface area (Å²) in [5.41, 5.74) is 8.07. The van der Waals surface area contributed by atoms with Crippen LogP contribution in [0.1, 0.15) is 29.0 Å². The summed E-state index contributed by atoms with van der Waals surface area (Å²) in [6.45, 7) is 3.78. The summed E-state index contributed by atoms with van der Waals surface area (Å²) in [6.07, 6.45) is 0.778. The van der Waals surface area contributed by atoms with E-state index in [2.05, 4.69) is 35.8 Å². The summed E-state index contributed by atoms with van der Waals surface area (Å²) in [5.74, 6) is -0.112. The zero-order valence-corrected chi connectivity index (χ0v) is 13.8. The van der Waals surface area contributed by atoms with Gasteiger partial charge < -0.3 is 11.1 Å². The predicted molar refractivity (Wildman–Crippen MR) is 91.0 cm³/mol. The van der Waals surface area contributed by atoms with E-state index in [0.29, 0.717) is 0 Å². The van der Waals surface area contributed by atoms with Gasteiger partial charge in [0.1, 0.15) is 0 Å². The molecule has 0 aliphatic heterocycles. The molecule has 3 N–H and O–H groups in total. The smallest absolute Gasteiger partial charge is 0.237 e. The van der Waals surface area contributed by atoms with Crippen LogP contribution in [0.3, 0.4) is 0 Å². The molecule has 114 valence electrons. The summed E-state index contributed by atoms with van der Waals surface area (Å²) in [4.78, 5) is 13.1. The lowest BCUT2D eigenvalue weighted by Gasteiger charge is -2.20. The molecule has 0 saturated carbocycles. The molecule has 1 amide bonds. The average Bonchev–Trinajstić information content (AvgIpc) is 2.85. The first-order valence-corrected chi connectivity index (χ1v) is 7.59. The van der Waals surface area contributed by atoms with Crippen LogP contribution in [0.15, 0.2) is 41.8 Å². The van der Waals surface area contributed by atoms with Gasteiger partial charge in [0.05, 0.1) is 12.1 Å². The molecule has 1 heterocycles. The summed E-state index contributed by atoms with van der Waals surface area (Å²) in [6, 6.07) is 11.7. The Balaban J connectivity index is 0.00000220. The van der Waals surface area contributed by atoms with Gasteiger partial charge in [-0.25, -0.2) is 0 Å². The summed E-state index contributed by atoms with van der Waals surface area (Å²) < 4.78 is 0. The Labute approximate surface area is 136 Å². The van der Waals surface area contributed by atoms with E-state index < -0.39 is 6.04 Å². The van der Waals surface area contributed by atoms with Gasteiger partial charge in [0.2, 0.25) is 5.91 Å². The third-order valence-corrected chi connectivity index (χ3v) is 4.36. The van der Waals surface area contributed by atoms with E-state index in [0.717, 1.165) is 6.42 Å². The van der Waals surface area contributed by atoms with Crippen molar-refractivity contribution >= 4 is 29.7 Å². The van der Waals surface area contributed by atoms with Crippen LogP contribution < -0.4 is 11.1 Å². The standard InChI is InChI=1S/C16H20N2OS.ClH/c1-11-8-9-20-15(11)14(18-16(19)12(2)17)10-13-6-4-3-5-7-13;/h3-9,12,14H,10,17H2,1-2H3,(H,18,19);1H/t12-,14?;/m0./s1. The normalized spacial score (nSPS) is 13.1. The minimum atomic E-state index is -0.492. The Kier molecular flexibility index (Phi) is 6.89. The van der Waals surface area contributed by atoms with Gasteiger partial charge in [-0.05, 0) is 42.8 Å². The van der Waals surface area contributed by atoms with Crippen molar-refractivity contribution in [2.75, 3.05) is 0 Å². The number of nitrogens with one attached hydrogen (secondary N) is 1. The van der Waals surface area contributed by atoms with Crippen LogP contribution in [0.4, 0.5) is 0 Å². The second-order valence-electron chi connectivity index (χ2n) is 5.01. The molecule has 1 unspecified atom stereocenters. The minimum Gasteiger partial charge on any atom is -0.347 e. The van der Waals surface area contributed by atoms with Gasteiger partial charge in [0, 0.05) is 4.88 Å². The van der Waals surface area contributed by atoms with E-state index in [9.17, 15) is 4.79 Å². The number of amides is 1. The third kappa shape index (κ3) is 4.84. The highest BCUT2D eigenvalue weighted by atomic mass is 35.5. The highest BCUT2D eigenvalue weighted by Gasteiger charge is 2.19. The fourth-order valence-corrected chi connectivity index (χ4v) is 3.08. The van der Waals surface area contributed by atoms with E-state index >= 15 is 0 Å². The number of thiophene rings is 1. The van der Waals surface area contributed by atoms with Gasteiger partial charge in [-0.1, -0.05) is 30.3 Å². The Hall–Kier alpha value is -1.36. The molecular weight excluding hydrogens is 304 g/mol. The van der Waals surface area contributed by atoms with Crippen LogP contribution in [0, 0.1) is 6.92 Å². The van der Waals surface area contributed by atoms with Gasteiger partial charge in [0.25, 0.3) is 0 Å². The molecular formula is C16H21ClN2OS. The number of hydrogen-bond donors (Lipinski definition) is 2. The molecule has 5 heteroatoms. The quantitative estimate of drug-likeness (QED) is 0.887. The molecule has 2 aromatic rings. The lowest BCUT2D eigenvalue weighted by molar-refractivity contribution is -0.122. The maximum Gasteiger partial charge on any atom is 0.237 e. The summed E-state index contributed by atoms with van der Waals surface area (Å²) in [5, 5.41) is 5.11. The maximum absolute atomic E-state index is 11.9. The van der Waals surface area contributed by atoms with Crippen molar-refractivity contribution in [1.29, 1.82) is 0 Å². The molecule has 0 spiro atoms. The fraction of sp³-hybridized carbons (Fsp3) is 0.312. The number of halogens is 1. The highest BCUT2D eigenvalue weighted by molar-refractivity contribution is 7.10. The third-order valence-electron chi connectivity index (χ3n) is 3.23. The van der Waals surface area contributed by atoms with Crippen LogP contribution >= 0.6 is 23.7 Å². The Morgan fingerprint density at radius 2 is 1.95 bits per heavy atom. The maximum atomic E-state index is 11.9. The number of nitrogens with two attached hydrogens (primary N) is 1.